The van der Waals surface area contributed by atoms with Crippen LogP contribution in [0.15, 0.2) is 18.2 Å². The van der Waals surface area contributed by atoms with Gasteiger partial charge in [0.15, 0.2) is 0 Å². The molecule has 1 aromatic carbocycles. The summed E-state index contributed by atoms with van der Waals surface area (Å²) in [4.78, 5) is 11.3. The molecule has 0 fully saturated rings. The Kier molecular flexibility index (Phi) is 3.49. The van der Waals surface area contributed by atoms with Gasteiger partial charge in [0.1, 0.15) is 6.54 Å². The predicted molar refractivity (Wildman–Crippen MR) is 54.1 cm³/mol. The third kappa shape index (κ3) is 2.48. The molecule has 1 rings (SSSR count). The fraction of sp³-hybridized carbons (Fsp3) is 0.200. The van der Waals surface area contributed by atoms with Crippen LogP contribution in [0, 0.1) is 18.3 Å². The van der Waals surface area contributed by atoms with Crippen molar-refractivity contribution in [2.45, 2.75) is 6.92 Å². The van der Waals surface area contributed by atoms with Crippen LogP contribution in [0.5, 0.6) is 0 Å². The Labute approximate surface area is 87.3 Å². The molecule has 1 amide bonds. The van der Waals surface area contributed by atoms with Gasteiger partial charge in [-0.1, -0.05) is 17.7 Å². The first-order valence-electron chi connectivity index (χ1n) is 4.06. The van der Waals surface area contributed by atoms with Crippen molar-refractivity contribution in [2.24, 2.45) is 0 Å². The summed E-state index contributed by atoms with van der Waals surface area (Å²) < 4.78 is 0. The van der Waals surface area contributed by atoms with Crippen molar-refractivity contribution in [2.75, 3.05) is 6.54 Å². The van der Waals surface area contributed by atoms with Crippen LogP contribution in [0.4, 0.5) is 0 Å². The molecule has 1 aromatic rings. The molecule has 0 aliphatic heterocycles. The Hall–Kier alpha value is -1.53. The molecule has 0 aliphatic carbocycles. The maximum atomic E-state index is 11.3. The van der Waals surface area contributed by atoms with E-state index in [9.17, 15) is 4.79 Å². The number of benzene rings is 1. The first-order chi connectivity index (χ1) is 6.65. The van der Waals surface area contributed by atoms with Gasteiger partial charge < -0.3 is 5.32 Å². The fourth-order valence-electron chi connectivity index (χ4n) is 0.956. The molecule has 0 bridgehead atoms. The minimum atomic E-state index is -0.284. The quantitative estimate of drug-likeness (QED) is 0.755. The summed E-state index contributed by atoms with van der Waals surface area (Å²) in [5, 5.41) is 11.3. The Morgan fingerprint density at radius 3 is 2.93 bits per heavy atom. The van der Waals surface area contributed by atoms with Gasteiger partial charge in [-0.25, -0.2) is 0 Å². The van der Waals surface area contributed by atoms with Gasteiger partial charge in [-0.2, -0.15) is 5.26 Å². The van der Waals surface area contributed by atoms with Crippen LogP contribution < -0.4 is 5.32 Å². The number of nitrogens with zero attached hydrogens (tertiary/aromatic N) is 1. The van der Waals surface area contributed by atoms with Gasteiger partial charge in [0.25, 0.3) is 5.91 Å². The van der Waals surface area contributed by atoms with Crippen molar-refractivity contribution in [3.63, 3.8) is 0 Å². The largest absolute Gasteiger partial charge is 0.339 e. The van der Waals surface area contributed by atoms with Crippen LogP contribution in [0.3, 0.4) is 0 Å². The molecule has 3 nitrogen and oxygen atoms in total. The van der Waals surface area contributed by atoms with Crippen molar-refractivity contribution in [1.82, 2.24) is 5.32 Å². The Balaban J connectivity index is 2.82. The molecule has 0 spiro atoms. The molecule has 1 N–H and O–H groups in total. The first-order valence-corrected chi connectivity index (χ1v) is 4.44. The van der Waals surface area contributed by atoms with Gasteiger partial charge in [0, 0.05) is 10.6 Å². The van der Waals surface area contributed by atoms with Gasteiger partial charge in [-0.15, -0.1) is 0 Å². The topological polar surface area (TPSA) is 52.9 Å². The van der Waals surface area contributed by atoms with Crippen molar-refractivity contribution >= 4 is 17.5 Å². The highest BCUT2D eigenvalue weighted by Crippen LogP contribution is 2.16. The summed E-state index contributed by atoms with van der Waals surface area (Å²) >= 11 is 5.85. The maximum Gasteiger partial charge on any atom is 0.252 e. The second-order valence-electron chi connectivity index (χ2n) is 2.80. The SMILES string of the molecule is Cc1ccc(C(=O)NCC#N)cc1Cl. The second-order valence-corrected chi connectivity index (χ2v) is 3.21. The summed E-state index contributed by atoms with van der Waals surface area (Å²) in [5.41, 5.74) is 1.39. The minimum Gasteiger partial charge on any atom is -0.339 e. The summed E-state index contributed by atoms with van der Waals surface area (Å²) in [5.74, 6) is -0.284. The highest BCUT2D eigenvalue weighted by atomic mass is 35.5. The molecule has 0 aliphatic rings. The first kappa shape index (κ1) is 10.6. The van der Waals surface area contributed by atoms with E-state index in [0.717, 1.165) is 5.56 Å². The van der Waals surface area contributed by atoms with Crippen LogP contribution in [-0.2, 0) is 0 Å². The normalized spacial score (nSPS) is 9.21. The molecule has 0 atom stereocenters. The van der Waals surface area contributed by atoms with E-state index in [1.165, 1.54) is 0 Å². The third-order valence-corrected chi connectivity index (χ3v) is 2.17. The summed E-state index contributed by atoms with van der Waals surface area (Å²) in [6.07, 6.45) is 0. The van der Waals surface area contributed by atoms with E-state index >= 15 is 0 Å². The zero-order chi connectivity index (χ0) is 10.6. The minimum absolute atomic E-state index is 0.00429. The molecule has 0 radical (unpaired) electrons. The molecule has 14 heavy (non-hydrogen) atoms. The summed E-state index contributed by atoms with van der Waals surface area (Å²) in [6.45, 7) is 1.86. The molecule has 0 heterocycles. The number of rotatable bonds is 2. The molecule has 0 saturated carbocycles. The van der Waals surface area contributed by atoms with Crippen LogP contribution in [-0.4, -0.2) is 12.5 Å². The molecule has 4 heteroatoms. The predicted octanol–water partition coefficient (Wildman–Crippen LogP) is 1.90. The molecule has 0 unspecified atom stereocenters. The number of amides is 1. The zero-order valence-corrected chi connectivity index (χ0v) is 8.43. The van der Waals surface area contributed by atoms with Gasteiger partial charge in [0.05, 0.1) is 6.07 Å². The highest BCUT2D eigenvalue weighted by Gasteiger charge is 2.05. The summed E-state index contributed by atoms with van der Waals surface area (Å²) in [6, 6.07) is 6.86. The Morgan fingerprint density at radius 1 is 1.64 bits per heavy atom. The number of hydrogen-bond donors (Lipinski definition) is 1. The van der Waals surface area contributed by atoms with Crippen molar-refractivity contribution in [3.8, 4) is 6.07 Å². The standard InChI is InChI=1S/C10H9ClN2O/c1-7-2-3-8(6-9(7)11)10(14)13-5-4-12/h2-3,6H,5H2,1H3,(H,13,14). The van der Waals surface area contributed by atoms with Crippen LogP contribution >= 0.6 is 11.6 Å². The smallest absolute Gasteiger partial charge is 0.252 e. The fourth-order valence-corrected chi connectivity index (χ4v) is 1.14. The van der Waals surface area contributed by atoms with Crippen molar-refractivity contribution in [1.29, 1.82) is 5.26 Å². The van der Waals surface area contributed by atoms with E-state index in [1.807, 2.05) is 13.0 Å². The highest BCUT2D eigenvalue weighted by molar-refractivity contribution is 6.31. The van der Waals surface area contributed by atoms with Gasteiger partial charge in [-0.05, 0) is 24.6 Å². The number of carbonyl (C=O) groups is 1. The average molecular weight is 209 g/mol. The number of aryl methyl sites for hydroxylation is 1. The summed E-state index contributed by atoms with van der Waals surface area (Å²) in [7, 11) is 0. The Morgan fingerprint density at radius 2 is 2.36 bits per heavy atom. The molecular formula is C10H9ClN2O. The number of nitrogens with one attached hydrogen (secondary N) is 1. The van der Waals surface area contributed by atoms with E-state index in [4.69, 9.17) is 16.9 Å². The van der Waals surface area contributed by atoms with Crippen LogP contribution in [0.25, 0.3) is 0 Å². The molecule has 0 saturated heterocycles. The number of carbonyl (C=O) groups excluding carboxylic acids is 1. The van der Waals surface area contributed by atoms with Crippen molar-refractivity contribution in [3.05, 3.63) is 34.3 Å². The van der Waals surface area contributed by atoms with E-state index in [0.29, 0.717) is 10.6 Å². The maximum absolute atomic E-state index is 11.3. The van der Waals surface area contributed by atoms with E-state index in [-0.39, 0.29) is 12.5 Å². The van der Waals surface area contributed by atoms with E-state index in [2.05, 4.69) is 5.32 Å². The molecule has 0 aromatic heterocycles. The van der Waals surface area contributed by atoms with Crippen molar-refractivity contribution < 1.29 is 4.79 Å². The number of halogens is 1. The van der Waals surface area contributed by atoms with E-state index < -0.39 is 0 Å². The van der Waals surface area contributed by atoms with Crippen LogP contribution in [0.1, 0.15) is 15.9 Å². The molecule has 72 valence electrons. The third-order valence-electron chi connectivity index (χ3n) is 1.76. The lowest BCUT2D eigenvalue weighted by Gasteiger charge is -2.02. The average Bonchev–Trinajstić information content (AvgIpc) is 2.18. The molecular weight excluding hydrogens is 200 g/mol. The van der Waals surface area contributed by atoms with Gasteiger partial charge >= 0.3 is 0 Å². The van der Waals surface area contributed by atoms with Gasteiger partial charge in [0.2, 0.25) is 0 Å². The number of hydrogen-bond acceptors (Lipinski definition) is 2. The van der Waals surface area contributed by atoms with Gasteiger partial charge in [-0.3, -0.25) is 4.79 Å². The van der Waals surface area contributed by atoms with Crippen LogP contribution in [0.2, 0.25) is 5.02 Å². The Bertz CT molecular complexity index is 396. The monoisotopic (exact) mass is 208 g/mol. The zero-order valence-electron chi connectivity index (χ0n) is 7.67. The number of nitriles is 1. The second kappa shape index (κ2) is 4.64. The lowest BCUT2D eigenvalue weighted by molar-refractivity contribution is 0.0958. The lowest BCUT2D eigenvalue weighted by atomic mass is 10.1. The van der Waals surface area contributed by atoms with E-state index in [1.54, 1.807) is 18.2 Å². The lowest BCUT2D eigenvalue weighted by Crippen LogP contribution is -2.23.